The molecule has 8 heteroatoms. The Balaban J connectivity index is 1.56. The van der Waals surface area contributed by atoms with Crippen LogP contribution in [0.2, 0.25) is 0 Å². The number of aliphatic hydroxyl groups is 3. The van der Waals surface area contributed by atoms with E-state index in [0.29, 0.717) is 29.9 Å². The monoisotopic (exact) mass is 537 g/mol. The highest BCUT2D eigenvalue weighted by Crippen LogP contribution is 2.53. The van der Waals surface area contributed by atoms with Crippen LogP contribution < -0.4 is 4.90 Å². The molecule has 0 amide bonds. The fourth-order valence-corrected chi connectivity index (χ4v) is 7.48. The van der Waals surface area contributed by atoms with E-state index >= 15 is 0 Å². The Bertz CT molecular complexity index is 1300. The van der Waals surface area contributed by atoms with Crippen molar-refractivity contribution in [1.82, 2.24) is 0 Å². The second-order valence-electron chi connectivity index (χ2n) is 12.1. The molecule has 8 nitrogen and oxygen atoms in total. The largest absolute Gasteiger partial charge is 0.508 e. The summed E-state index contributed by atoms with van der Waals surface area (Å²) in [6.45, 7) is 1.10. The molecule has 210 valence electrons. The number of carbonyl (C=O) groups excluding carboxylic acids is 3. The van der Waals surface area contributed by atoms with Crippen molar-refractivity contribution in [2.75, 3.05) is 19.0 Å². The number of anilines is 1. The molecule has 0 heterocycles. The minimum atomic E-state index is -2.47. The first kappa shape index (κ1) is 27.4. The Labute approximate surface area is 229 Å². The molecular formula is C31H39NO7. The van der Waals surface area contributed by atoms with E-state index in [2.05, 4.69) is 0 Å². The van der Waals surface area contributed by atoms with Gasteiger partial charge in [-0.15, -0.1) is 0 Å². The molecule has 2 fully saturated rings. The standard InChI is InChI=1S/C31H39NO7/c1-16(33)24-23(34)15-20-12-19-13-21-22(32(2)3)14-18(11-7-10-17-8-5-4-6-9-17)27(35)26(21)28(36)25(19)30(38)31(20,39)29(24)37/h14,17,19-20,35-37,39H,4-13,15H2,1-3H3/t19-,20+,31-/m1/s1. The average Bonchev–Trinajstić information content (AvgIpc) is 2.87. The molecule has 0 aromatic heterocycles. The van der Waals surface area contributed by atoms with Crippen LogP contribution in [0.25, 0.3) is 5.76 Å². The Morgan fingerprint density at radius 1 is 1.08 bits per heavy atom. The summed E-state index contributed by atoms with van der Waals surface area (Å²) in [7, 11) is 3.79. The van der Waals surface area contributed by atoms with Gasteiger partial charge < -0.3 is 25.3 Å². The topological polar surface area (TPSA) is 135 Å². The maximum Gasteiger partial charge on any atom is 0.202 e. The van der Waals surface area contributed by atoms with Gasteiger partial charge in [0.05, 0.1) is 5.56 Å². The number of aliphatic hydroxyl groups excluding tert-OH is 2. The number of aryl methyl sites for hydroxylation is 1. The van der Waals surface area contributed by atoms with E-state index in [9.17, 15) is 34.8 Å². The molecule has 2 saturated carbocycles. The molecule has 0 bridgehead atoms. The second-order valence-corrected chi connectivity index (χ2v) is 12.1. The summed E-state index contributed by atoms with van der Waals surface area (Å²) in [6.07, 6.45) is 9.22. The highest BCUT2D eigenvalue weighted by atomic mass is 16.3. The Morgan fingerprint density at radius 3 is 2.41 bits per heavy atom. The van der Waals surface area contributed by atoms with Crippen molar-refractivity contribution in [3.05, 3.63) is 39.7 Å². The van der Waals surface area contributed by atoms with E-state index in [0.717, 1.165) is 25.5 Å². The zero-order valence-electron chi connectivity index (χ0n) is 23.0. The van der Waals surface area contributed by atoms with Crippen molar-refractivity contribution in [2.45, 2.75) is 83.2 Å². The Kier molecular flexibility index (Phi) is 7.12. The number of hydrogen-bond donors (Lipinski definition) is 4. The van der Waals surface area contributed by atoms with Crippen molar-refractivity contribution in [3.8, 4) is 5.75 Å². The number of Topliss-reactive ketones (excluding diaryl/α,β-unsaturated/α-hetero) is 3. The van der Waals surface area contributed by atoms with Crippen molar-refractivity contribution >= 4 is 28.8 Å². The van der Waals surface area contributed by atoms with Crippen LogP contribution in [0.15, 0.2) is 23.0 Å². The van der Waals surface area contributed by atoms with E-state index in [1.807, 2.05) is 25.1 Å². The molecule has 4 aliphatic rings. The van der Waals surface area contributed by atoms with Crippen LogP contribution in [0.3, 0.4) is 0 Å². The van der Waals surface area contributed by atoms with Gasteiger partial charge in [-0.25, -0.2) is 0 Å². The fraction of sp³-hybridized carbons (Fsp3) is 0.581. The quantitative estimate of drug-likeness (QED) is 0.390. The van der Waals surface area contributed by atoms with E-state index in [1.54, 1.807) is 0 Å². The van der Waals surface area contributed by atoms with Gasteiger partial charge in [-0.05, 0) is 61.6 Å². The lowest BCUT2D eigenvalue weighted by molar-refractivity contribution is -0.147. The zero-order chi connectivity index (χ0) is 28.2. The number of rotatable bonds is 6. The summed E-state index contributed by atoms with van der Waals surface area (Å²) >= 11 is 0. The summed E-state index contributed by atoms with van der Waals surface area (Å²) in [5.74, 6) is -4.35. The zero-order valence-corrected chi connectivity index (χ0v) is 23.0. The van der Waals surface area contributed by atoms with Gasteiger partial charge in [0.1, 0.15) is 22.8 Å². The van der Waals surface area contributed by atoms with Gasteiger partial charge in [0.2, 0.25) is 5.78 Å². The number of nitrogens with zero attached hydrogens (tertiary/aromatic N) is 1. The molecule has 1 aromatic carbocycles. The molecule has 0 unspecified atom stereocenters. The van der Waals surface area contributed by atoms with Gasteiger partial charge in [-0.2, -0.15) is 0 Å². The van der Waals surface area contributed by atoms with Crippen molar-refractivity contribution < 1.29 is 34.8 Å². The smallest absolute Gasteiger partial charge is 0.202 e. The average molecular weight is 538 g/mol. The number of benzene rings is 1. The molecule has 0 aliphatic heterocycles. The van der Waals surface area contributed by atoms with Crippen molar-refractivity contribution in [1.29, 1.82) is 0 Å². The molecule has 1 aromatic rings. The molecule has 3 atom stereocenters. The minimum absolute atomic E-state index is 0.0624. The maximum absolute atomic E-state index is 13.8. The van der Waals surface area contributed by atoms with E-state index in [-0.39, 0.29) is 29.7 Å². The lowest BCUT2D eigenvalue weighted by Crippen LogP contribution is -2.57. The van der Waals surface area contributed by atoms with Crippen LogP contribution in [-0.4, -0.2) is 57.5 Å². The van der Waals surface area contributed by atoms with Gasteiger partial charge >= 0.3 is 0 Å². The molecule has 39 heavy (non-hydrogen) atoms. The second kappa shape index (κ2) is 10.1. The van der Waals surface area contributed by atoms with E-state index in [4.69, 9.17) is 0 Å². The van der Waals surface area contributed by atoms with Crippen LogP contribution in [0, 0.1) is 17.8 Å². The third-order valence-electron chi connectivity index (χ3n) is 9.49. The van der Waals surface area contributed by atoms with Crippen LogP contribution in [0.5, 0.6) is 5.75 Å². The predicted octanol–water partition coefficient (Wildman–Crippen LogP) is 4.50. The van der Waals surface area contributed by atoms with Crippen LogP contribution in [0.4, 0.5) is 5.69 Å². The van der Waals surface area contributed by atoms with Crippen LogP contribution in [0.1, 0.15) is 81.4 Å². The SMILES string of the molecule is CC(=O)C1=C(O)[C@@]2(O)C(=O)C3=C(O)c4c(O)c(CCCC5CCCCC5)cc(N(C)C)c4C[C@H]3C[C@H]2CC1=O. The van der Waals surface area contributed by atoms with Gasteiger partial charge in [-0.3, -0.25) is 14.4 Å². The first-order chi connectivity index (χ1) is 18.5. The fourth-order valence-electron chi connectivity index (χ4n) is 7.48. The predicted molar refractivity (Wildman–Crippen MR) is 147 cm³/mol. The molecule has 4 aliphatic carbocycles. The summed E-state index contributed by atoms with van der Waals surface area (Å²) < 4.78 is 0. The van der Waals surface area contributed by atoms with Gasteiger partial charge in [0, 0.05) is 37.7 Å². The molecule has 0 spiro atoms. The molecule has 0 radical (unpaired) electrons. The molecular weight excluding hydrogens is 498 g/mol. The normalized spacial score (nSPS) is 27.3. The highest BCUT2D eigenvalue weighted by molar-refractivity contribution is 6.23. The number of allylic oxidation sites excluding steroid dienone is 1. The molecule has 5 rings (SSSR count). The van der Waals surface area contributed by atoms with E-state index in [1.165, 1.54) is 32.1 Å². The number of ketones is 3. The number of phenolic OH excluding ortho intramolecular Hbond substituents is 1. The summed E-state index contributed by atoms with van der Waals surface area (Å²) in [4.78, 5) is 40.4. The molecule has 4 N–H and O–H groups in total. The third-order valence-corrected chi connectivity index (χ3v) is 9.49. The van der Waals surface area contributed by atoms with E-state index < -0.39 is 51.9 Å². The number of carbonyl (C=O) groups is 3. The molecule has 0 saturated heterocycles. The third kappa shape index (κ3) is 4.37. The lowest BCUT2D eigenvalue weighted by Gasteiger charge is -2.46. The van der Waals surface area contributed by atoms with Gasteiger partial charge in [0.15, 0.2) is 17.2 Å². The van der Waals surface area contributed by atoms with Crippen molar-refractivity contribution in [2.24, 2.45) is 17.8 Å². The minimum Gasteiger partial charge on any atom is -0.508 e. The van der Waals surface area contributed by atoms with Crippen LogP contribution in [-0.2, 0) is 27.2 Å². The first-order valence-corrected chi connectivity index (χ1v) is 14.2. The van der Waals surface area contributed by atoms with Gasteiger partial charge in [-0.1, -0.05) is 38.5 Å². The Morgan fingerprint density at radius 2 is 1.77 bits per heavy atom. The first-order valence-electron chi connectivity index (χ1n) is 14.2. The number of hydrogen-bond acceptors (Lipinski definition) is 8. The highest BCUT2D eigenvalue weighted by Gasteiger charge is 2.60. The summed E-state index contributed by atoms with van der Waals surface area (Å²) in [5, 5.41) is 45.2. The van der Waals surface area contributed by atoms with Crippen LogP contribution >= 0.6 is 0 Å². The van der Waals surface area contributed by atoms with Gasteiger partial charge in [0.25, 0.3) is 0 Å². The number of aromatic hydroxyl groups is 1. The van der Waals surface area contributed by atoms with Crippen molar-refractivity contribution in [3.63, 3.8) is 0 Å². The lowest BCUT2D eigenvalue weighted by atomic mass is 9.59. The summed E-state index contributed by atoms with van der Waals surface area (Å²) in [6, 6.07) is 1.96. The number of fused-ring (bicyclic) bond motifs is 3. The maximum atomic E-state index is 13.8. The number of phenols is 1. The Hall–Kier alpha value is -3.13. The summed E-state index contributed by atoms with van der Waals surface area (Å²) in [5.41, 5.74) is -0.648.